The Morgan fingerprint density at radius 2 is 1.62 bits per heavy atom. The molecule has 0 aliphatic carbocycles. The number of halogens is 1. The van der Waals surface area contributed by atoms with Crippen LogP contribution in [0.15, 0.2) is 4.99 Å². The van der Waals surface area contributed by atoms with Crippen molar-refractivity contribution in [2.45, 2.75) is 60.4 Å². The quantitative estimate of drug-likeness (QED) is 0.221. The van der Waals surface area contributed by atoms with E-state index in [1.165, 1.54) is 52.1 Å². The molecule has 0 aromatic carbocycles. The van der Waals surface area contributed by atoms with Crippen LogP contribution in [0, 0.1) is 5.92 Å². The van der Waals surface area contributed by atoms with Crippen molar-refractivity contribution in [2.75, 3.05) is 72.0 Å². The van der Waals surface area contributed by atoms with Gasteiger partial charge in [0.25, 0.3) is 0 Å². The molecule has 1 aliphatic rings. The Morgan fingerprint density at radius 1 is 1.00 bits per heavy atom. The number of piperazine rings is 1. The fraction of sp³-hybridized carbons (Fsp3) is 0.955. The van der Waals surface area contributed by atoms with Gasteiger partial charge in [-0.15, -0.1) is 24.0 Å². The van der Waals surface area contributed by atoms with E-state index in [9.17, 15) is 0 Å². The van der Waals surface area contributed by atoms with Gasteiger partial charge in [-0.3, -0.25) is 4.99 Å². The molecular weight excluding hydrogens is 475 g/mol. The third-order valence-electron chi connectivity index (χ3n) is 5.78. The lowest BCUT2D eigenvalue weighted by molar-refractivity contribution is 0.125. The lowest BCUT2D eigenvalue weighted by Gasteiger charge is -2.35. The summed E-state index contributed by atoms with van der Waals surface area (Å²) in [7, 11) is 0. The number of hydrogen-bond acceptors (Lipinski definition) is 4. The fourth-order valence-corrected chi connectivity index (χ4v) is 3.82. The predicted octanol–water partition coefficient (Wildman–Crippen LogP) is 2.94. The topological polar surface area (TPSA) is 46.1 Å². The van der Waals surface area contributed by atoms with Crippen LogP contribution in [0.5, 0.6) is 0 Å². The van der Waals surface area contributed by atoms with E-state index in [4.69, 9.17) is 4.99 Å². The molecule has 2 unspecified atom stereocenters. The SMILES string of the molecule is CCNC(=NCC(C)CN1CCN(CC)CC1)NC(C)CCCN(CC)CC.I. The summed E-state index contributed by atoms with van der Waals surface area (Å²) in [5.41, 5.74) is 0. The summed E-state index contributed by atoms with van der Waals surface area (Å²) in [6.45, 7) is 25.9. The summed E-state index contributed by atoms with van der Waals surface area (Å²) >= 11 is 0. The van der Waals surface area contributed by atoms with E-state index in [1.807, 2.05) is 0 Å². The van der Waals surface area contributed by atoms with Crippen LogP contribution in [-0.4, -0.2) is 98.7 Å². The monoisotopic (exact) mass is 524 g/mol. The van der Waals surface area contributed by atoms with Crippen LogP contribution in [0.2, 0.25) is 0 Å². The number of nitrogens with zero attached hydrogens (tertiary/aromatic N) is 4. The van der Waals surface area contributed by atoms with E-state index < -0.39 is 0 Å². The smallest absolute Gasteiger partial charge is 0.191 e. The van der Waals surface area contributed by atoms with Crippen molar-refractivity contribution in [1.82, 2.24) is 25.3 Å². The number of rotatable bonds is 13. The molecule has 174 valence electrons. The lowest BCUT2D eigenvalue weighted by atomic mass is 10.1. The van der Waals surface area contributed by atoms with Gasteiger partial charge in [0.2, 0.25) is 0 Å². The van der Waals surface area contributed by atoms with Crippen molar-refractivity contribution in [3.63, 3.8) is 0 Å². The van der Waals surface area contributed by atoms with Crippen LogP contribution < -0.4 is 10.6 Å². The Labute approximate surface area is 198 Å². The van der Waals surface area contributed by atoms with Crippen molar-refractivity contribution in [2.24, 2.45) is 10.9 Å². The molecule has 0 saturated carbocycles. The van der Waals surface area contributed by atoms with Gasteiger partial charge in [0.05, 0.1) is 0 Å². The molecule has 29 heavy (non-hydrogen) atoms. The first kappa shape index (κ1) is 28.9. The second-order valence-corrected chi connectivity index (χ2v) is 8.27. The van der Waals surface area contributed by atoms with Gasteiger partial charge in [-0.2, -0.15) is 0 Å². The van der Waals surface area contributed by atoms with Gasteiger partial charge in [0, 0.05) is 51.9 Å². The van der Waals surface area contributed by atoms with Crippen LogP contribution >= 0.6 is 24.0 Å². The molecule has 1 saturated heterocycles. The molecule has 0 radical (unpaired) electrons. The molecule has 6 nitrogen and oxygen atoms in total. The summed E-state index contributed by atoms with van der Waals surface area (Å²) in [4.78, 5) is 12.5. The van der Waals surface area contributed by atoms with Gasteiger partial charge < -0.3 is 25.3 Å². The summed E-state index contributed by atoms with van der Waals surface area (Å²) in [6, 6.07) is 0.450. The summed E-state index contributed by atoms with van der Waals surface area (Å²) in [6.07, 6.45) is 2.41. The Morgan fingerprint density at radius 3 is 2.17 bits per heavy atom. The first-order chi connectivity index (χ1) is 13.5. The van der Waals surface area contributed by atoms with Gasteiger partial charge in [-0.05, 0) is 58.8 Å². The van der Waals surface area contributed by atoms with Crippen molar-refractivity contribution in [1.29, 1.82) is 0 Å². The minimum absolute atomic E-state index is 0. The molecule has 1 aliphatic heterocycles. The highest BCUT2D eigenvalue weighted by Crippen LogP contribution is 2.06. The van der Waals surface area contributed by atoms with Gasteiger partial charge in [-0.1, -0.05) is 27.7 Å². The van der Waals surface area contributed by atoms with Crippen LogP contribution in [0.4, 0.5) is 0 Å². The molecule has 1 heterocycles. The lowest BCUT2D eigenvalue weighted by Crippen LogP contribution is -2.47. The molecule has 0 amide bonds. The average molecular weight is 525 g/mol. The van der Waals surface area contributed by atoms with Crippen LogP contribution in [-0.2, 0) is 0 Å². The van der Waals surface area contributed by atoms with Gasteiger partial charge in [-0.25, -0.2) is 0 Å². The Hall–Kier alpha value is -0.120. The van der Waals surface area contributed by atoms with E-state index >= 15 is 0 Å². The first-order valence-electron chi connectivity index (χ1n) is 11.7. The van der Waals surface area contributed by atoms with E-state index in [0.717, 1.165) is 38.7 Å². The highest BCUT2D eigenvalue weighted by atomic mass is 127. The number of guanidine groups is 1. The van der Waals surface area contributed by atoms with Crippen molar-refractivity contribution in [3.05, 3.63) is 0 Å². The normalized spacial score (nSPS) is 18.4. The maximum absolute atomic E-state index is 4.87. The Bertz CT molecular complexity index is 408. The van der Waals surface area contributed by atoms with Gasteiger partial charge in [0.15, 0.2) is 5.96 Å². The highest BCUT2D eigenvalue weighted by Gasteiger charge is 2.17. The van der Waals surface area contributed by atoms with Crippen LogP contribution in [0.25, 0.3) is 0 Å². The number of likely N-dealkylation sites (N-methyl/N-ethyl adjacent to an activating group) is 1. The minimum Gasteiger partial charge on any atom is -0.357 e. The number of aliphatic imine (C=N–C) groups is 1. The molecule has 2 atom stereocenters. The second-order valence-electron chi connectivity index (χ2n) is 8.27. The summed E-state index contributed by atoms with van der Waals surface area (Å²) in [5.74, 6) is 1.56. The molecule has 2 N–H and O–H groups in total. The Balaban J connectivity index is 0.00000784. The molecule has 0 spiro atoms. The largest absolute Gasteiger partial charge is 0.357 e. The standard InChI is InChI=1S/C22H48N6.HI/c1-7-23-22(25-21(6)12-11-13-26(8-2)9-3)24-18-20(5)19-28-16-14-27(10-4)15-17-28;/h20-21H,7-19H2,1-6H3,(H2,23,24,25);1H. The van der Waals surface area contributed by atoms with E-state index in [2.05, 4.69) is 66.9 Å². The zero-order chi connectivity index (χ0) is 20.8. The maximum Gasteiger partial charge on any atom is 0.191 e. The van der Waals surface area contributed by atoms with Gasteiger partial charge in [0.1, 0.15) is 0 Å². The highest BCUT2D eigenvalue weighted by molar-refractivity contribution is 14.0. The summed E-state index contributed by atoms with van der Waals surface area (Å²) in [5, 5.41) is 7.02. The third-order valence-corrected chi connectivity index (χ3v) is 5.78. The van der Waals surface area contributed by atoms with Crippen molar-refractivity contribution in [3.8, 4) is 0 Å². The molecule has 0 aromatic rings. The van der Waals surface area contributed by atoms with E-state index in [1.54, 1.807) is 0 Å². The van der Waals surface area contributed by atoms with Crippen LogP contribution in [0.3, 0.4) is 0 Å². The predicted molar refractivity (Wildman–Crippen MR) is 139 cm³/mol. The fourth-order valence-electron chi connectivity index (χ4n) is 3.82. The molecule has 0 aromatic heterocycles. The molecule has 0 bridgehead atoms. The van der Waals surface area contributed by atoms with Crippen LogP contribution in [0.1, 0.15) is 54.4 Å². The second kappa shape index (κ2) is 17.5. The minimum atomic E-state index is 0. The van der Waals surface area contributed by atoms with E-state index in [0.29, 0.717) is 12.0 Å². The van der Waals surface area contributed by atoms with Crippen molar-refractivity contribution >= 4 is 29.9 Å². The molecule has 1 fully saturated rings. The Kier molecular flexibility index (Phi) is 17.5. The third kappa shape index (κ3) is 13.0. The molecule has 1 rings (SSSR count). The number of hydrogen-bond donors (Lipinski definition) is 2. The molecule has 7 heteroatoms. The van der Waals surface area contributed by atoms with E-state index in [-0.39, 0.29) is 24.0 Å². The average Bonchev–Trinajstić information content (AvgIpc) is 2.70. The zero-order valence-corrected chi connectivity index (χ0v) is 22.4. The summed E-state index contributed by atoms with van der Waals surface area (Å²) < 4.78 is 0. The first-order valence-corrected chi connectivity index (χ1v) is 11.7. The van der Waals surface area contributed by atoms with Crippen molar-refractivity contribution < 1.29 is 0 Å². The number of nitrogens with one attached hydrogen (secondary N) is 2. The van der Waals surface area contributed by atoms with Gasteiger partial charge >= 0.3 is 0 Å². The zero-order valence-electron chi connectivity index (χ0n) is 20.0. The molecular formula is C22H49IN6. The maximum atomic E-state index is 4.87.